The molecule has 0 saturated heterocycles. The molecule has 0 fully saturated rings. The van der Waals surface area contributed by atoms with Crippen LogP contribution in [-0.2, 0) is 0 Å². The molecule has 0 bridgehead atoms. The zero-order chi connectivity index (χ0) is 20.4. The summed E-state index contributed by atoms with van der Waals surface area (Å²) < 4.78 is 40.3. The van der Waals surface area contributed by atoms with Crippen molar-refractivity contribution in [2.75, 3.05) is 10.6 Å². The summed E-state index contributed by atoms with van der Waals surface area (Å²) in [5, 5.41) is 5.29. The van der Waals surface area contributed by atoms with Crippen molar-refractivity contribution in [2.24, 2.45) is 0 Å². The molecular weight excluding hydrogens is 369 g/mol. The smallest absolute Gasteiger partial charge is 0.274 e. The van der Waals surface area contributed by atoms with Crippen LogP contribution < -0.4 is 10.6 Å². The van der Waals surface area contributed by atoms with E-state index in [1.54, 1.807) is 6.92 Å². The molecule has 0 spiro atoms. The van der Waals surface area contributed by atoms with Crippen LogP contribution in [0.25, 0.3) is 0 Å². The van der Waals surface area contributed by atoms with E-state index in [0.717, 1.165) is 23.3 Å². The average molecular weight is 386 g/mol. The zero-order valence-electron chi connectivity index (χ0n) is 15.4. The van der Waals surface area contributed by atoms with Crippen molar-refractivity contribution < 1.29 is 18.0 Å². The van der Waals surface area contributed by atoms with Gasteiger partial charge in [-0.1, -0.05) is 6.07 Å². The zero-order valence-corrected chi connectivity index (χ0v) is 15.4. The molecule has 3 rings (SSSR count). The normalized spacial score (nSPS) is 10.6. The Kier molecular flexibility index (Phi) is 5.30. The summed E-state index contributed by atoms with van der Waals surface area (Å²) in [6.45, 7) is 5.38. The fraction of sp³-hybridized carbons (Fsp3) is 0.150. The first-order valence-corrected chi connectivity index (χ1v) is 8.39. The van der Waals surface area contributed by atoms with Gasteiger partial charge in [-0.05, 0) is 56.2 Å². The number of rotatable bonds is 4. The van der Waals surface area contributed by atoms with Crippen LogP contribution in [0.4, 0.5) is 30.4 Å². The maximum absolute atomic E-state index is 13.9. The minimum Gasteiger partial charge on any atom is -0.338 e. The van der Waals surface area contributed by atoms with Gasteiger partial charge in [-0.3, -0.25) is 4.79 Å². The van der Waals surface area contributed by atoms with Gasteiger partial charge in [0.1, 0.15) is 17.3 Å². The molecule has 5 nitrogen and oxygen atoms in total. The quantitative estimate of drug-likeness (QED) is 0.631. The maximum Gasteiger partial charge on any atom is 0.274 e. The first kappa shape index (κ1) is 19.3. The SMILES string of the molecule is Cc1cc(C)cc(NC(=O)c2cc(Nc3ccc(F)c(F)c3F)nc(C)n2)c1. The number of carbonyl (C=O) groups is 1. The van der Waals surface area contributed by atoms with Crippen molar-refractivity contribution >= 4 is 23.1 Å². The molecule has 1 amide bonds. The minimum atomic E-state index is -1.59. The number of anilines is 3. The Hall–Kier alpha value is -3.42. The summed E-state index contributed by atoms with van der Waals surface area (Å²) >= 11 is 0. The van der Waals surface area contributed by atoms with Gasteiger partial charge in [0.2, 0.25) is 0 Å². The summed E-state index contributed by atoms with van der Waals surface area (Å²) in [5.41, 5.74) is 2.32. The third kappa shape index (κ3) is 4.28. The van der Waals surface area contributed by atoms with E-state index in [4.69, 9.17) is 0 Å². The fourth-order valence-corrected chi connectivity index (χ4v) is 2.75. The van der Waals surface area contributed by atoms with Crippen molar-refractivity contribution in [3.05, 3.63) is 76.5 Å². The number of amides is 1. The van der Waals surface area contributed by atoms with E-state index in [0.29, 0.717) is 5.69 Å². The van der Waals surface area contributed by atoms with E-state index in [2.05, 4.69) is 20.6 Å². The fourth-order valence-electron chi connectivity index (χ4n) is 2.75. The summed E-state index contributed by atoms with van der Waals surface area (Å²) in [4.78, 5) is 20.7. The Bertz CT molecular complexity index is 1050. The van der Waals surface area contributed by atoms with Crippen LogP contribution in [0.1, 0.15) is 27.4 Å². The number of hydrogen-bond donors (Lipinski definition) is 2. The number of nitrogens with one attached hydrogen (secondary N) is 2. The summed E-state index contributed by atoms with van der Waals surface area (Å²) in [7, 11) is 0. The van der Waals surface area contributed by atoms with Gasteiger partial charge in [0, 0.05) is 11.8 Å². The molecule has 0 aliphatic heterocycles. The molecule has 0 radical (unpaired) electrons. The molecule has 8 heteroatoms. The van der Waals surface area contributed by atoms with Gasteiger partial charge in [-0.25, -0.2) is 23.1 Å². The van der Waals surface area contributed by atoms with Gasteiger partial charge in [0.15, 0.2) is 17.5 Å². The van der Waals surface area contributed by atoms with Gasteiger partial charge in [-0.15, -0.1) is 0 Å². The lowest BCUT2D eigenvalue weighted by molar-refractivity contribution is 0.102. The molecule has 0 aliphatic rings. The molecule has 1 heterocycles. The van der Waals surface area contributed by atoms with Gasteiger partial charge in [-0.2, -0.15) is 0 Å². The molecule has 0 atom stereocenters. The van der Waals surface area contributed by atoms with Crippen molar-refractivity contribution in [1.29, 1.82) is 0 Å². The van der Waals surface area contributed by atoms with E-state index < -0.39 is 23.4 Å². The number of benzene rings is 2. The van der Waals surface area contributed by atoms with Crippen LogP contribution in [0.3, 0.4) is 0 Å². The number of aryl methyl sites for hydroxylation is 3. The van der Waals surface area contributed by atoms with E-state index in [1.807, 2.05) is 32.0 Å². The van der Waals surface area contributed by atoms with E-state index in [-0.39, 0.29) is 23.0 Å². The molecule has 1 aromatic heterocycles. The Labute approximate surface area is 159 Å². The van der Waals surface area contributed by atoms with Crippen molar-refractivity contribution in [3.63, 3.8) is 0 Å². The predicted molar refractivity (Wildman–Crippen MR) is 100 cm³/mol. The first-order valence-electron chi connectivity index (χ1n) is 8.39. The van der Waals surface area contributed by atoms with Crippen molar-refractivity contribution in [3.8, 4) is 0 Å². The van der Waals surface area contributed by atoms with Gasteiger partial charge in [0.05, 0.1) is 5.69 Å². The first-order chi connectivity index (χ1) is 13.2. The lowest BCUT2D eigenvalue weighted by Crippen LogP contribution is -2.15. The van der Waals surface area contributed by atoms with E-state index in [1.165, 1.54) is 6.07 Å². The topological polar surface area (TPSA) is 66.9 Å². The minimum absolute atomic E-state index is 0.0390. The molecule has 2 aromatic carbocycles. The Morgan fingerprint density at radius 2 is 1.57 bits per heavy atom. The van der Waals surface area contributed by atoms with Crippen LogP contribution in [0.2, 0.25) is 0 Å². The highest BCUT2D eigenvalue weighted by Gasteiger charge is 2.16. The highest BCUT2D eigenvalue weighted by molar-refractivity contribution is 6.03. The van der Waals surface area contributed by atoms with E-state index in [9.17, 15) is 18.0 Å². The third-order valence-corrected chi connectivity index (χ3v) is 3.85. The standard InChI is InChI=1S/C20H17F3N4O/c1-10-6-11(2)8-13(7-10)26-20(28)16-9-17(25-12(3)24-16)27-15-5-4-14(21)18(22)19(15)23/h4-9H,1-3H3,(H,26,28)(H,24,25,27). The average Bonchev–Trinajstić information content (AvgIpc) is 2.61. The second-order valence-electron chi connectivity index (χ2n) is 6.36. The molecule has 0 aliphatic carbocycles. The number of nitrogens with zero attached hydrogens (tertiary/aromatic N) is 2. The van der Waals surface area contributed by atoms with Crippen LogP contribution in [0.5, 0.6) is 0 Å². The van der Waals surface area contributed by atoms with Crippen LogP contribution in [-0.4, -0.2) is 15.9 Å². The third-order valence-electron chi connectivity index (χ3n) is 3.85. The van der Waals surface area contributed by atoms with Gasteiger partial charge in [0.25, 0.3) is 5.91 Å². The van der Waals surface area contributed by atoms with Gasteiger partial charge >= 0.3 is 0 Å². The van der Waals surface area contributed by atoms with E-state index >= 15 is 0 Å². The largest absolute Gasteiger partial charge is 0.338 e. The number of hydrogen-bond acceptors (Lipinski definition) is 4. The highest BCUT2D eigenvalue weighted by atomic mass is 19.2. The van der Waals surface area contributed by atoms with Crippen LogP contribution in [0, 0.1) is 38.2 Å². The lowest BCUT2D eigenvalue weighted by Gasteiger charge is -2.11. The molecular formula is C20H17F3N4O. The molecule has 2 N–H and O–H groups in total. The number of halogens is 3. The summed E-state index contributed by atoms with van der Waals surface area (Å²) in [6.07, 6.45) is 0. The number of aromatic nitrogens is 2. The second kappa shape index (κ2) is 7.67. The maximum atomic E-state index is 13.9. The van der Waals surface area contributed by atoms with Crippen LogP contribution in [0.15, 0.2) is 36.4 Å². The Morgan fingerprint density at radius 1 is 0.893 bits per heavy atom. The van der Waals surface area contributed by atoms with Crippen LogP contribution >= 0.6 is 0 Å². The summed E-state index contributed by atoms with van der Waals surface area (Å²) in [5.74, 6) is -4.43. The molecule has 0 saturated carbocycles. The van der Waals surface area contributed by atoms with Crippen molar-refractivity contribution in [2.45, 2.75) is 20.8 Å². The Morgan fingerprint density at radius 3 is 2.25 bits per heavy atom. The van der Waals surface area contributed by atoms with Crippen molar-refractivity contribution in [1.82, 2.24) is 9.97 Å². The molecule has 0 unspecified atom stereocenters. The Balaban J connectivity index is 1.87. The number of carbonyl (C=O) groups excluding carboxylic acids is 1. The second-order valence-corrected chi connectivity index (χ2v) is 6.36. The predicted octanol–water partition coefficient (Wildman–Crippen LogP) is 4.82. The van der Waals surface area contributed by atoms with Gasteiger partial charge < -0.3 is 10.6 Å². The molecule has 28 heavy (non-hydrogen) atoms. The molecule has 144 valence electrons. The lowest BCUT2D eigenvalue weighted by atomic mass is 10.1. The highest BCUT2D eigenvalue weighted by Crippen LogP contribution is 2.23. The summed E-state index contributed by atoms with van der Waals surface area (Å²) in [6, 6.07) is 8.74. The molecule has 3 aromatic rings. The monoisotopic (exact) mass is 386 g/mol.